The van der Waals surface area contributed by atoms with Gasteiger partial charge in [-0.05, 0) is 25.1 Å². The molecule has 0 spiro atoms. The number of rotatable bonds is 3. The normalized spacial score (nSPS) is 17.6. The summed E-state index contributed by atoms with van der Waals surface area (Å²) in [7, 11) is 0. The van der Waals surface area contributed by atoms with Crippen molar-refractivity contribution in [2.45, 2.75) is 13.0 Å². The molecular weight excluding hydrogens is 306 g/mol. The number of carbonyl (C=O) groups excluding carboxylic acids is 1. The number of nitrogens with one attached hydrogen (secondary N) is 2. The fraction of sp³-hybridized carbons (Fsp3) is 0.333. The molecule has 22 heavy (non-hydrogen) atoms. The summed E-state index contributed by atoms with van der Waals surface area (Å²) in [5, 5.41) is 6.00. The molecule has 3 rings (SSSR count). The number of oxazole rings is 1. The zero-order chi connectivity index (χ0) is 14.7. The van der Waals surface area contributed by atoms with Crippen LogP contribution in [0.3, 0.4) is 0 Å². The molecule has 6 nitrogen and oxygen atoms in total. The van der Waals surface area contributed by atoms with Crippen LogP contribution in [0, 0.1) is 6.92 Å². The molecule has 1 atom stereocenters. The summed E-state index contributed by atoms with van der Waals surface area (Å²) in [6, 6.07) is 7.11. The van der Waals surface area contributed by atoms with Gasteiger partial charge in [0.1, 0.15) is 12.3 Å². The largest absolute Gasteiger partial charge is 0.444 e. The van der Waals surface area contributed by atoms with Gasteiger partial charge in [0.15, 0.2) is 0 Å². The lowest BCUT2D eigenvalue weighted by molar-refractivity contribution is -0.120. The van der Waals surface area contributed by atoms with Crippen LogP contribution in [0.4, 0.5) is 5.69 Å². The molecule has 0 bridgehead atoms. The van der Waals surface area contributed by atoms with Gasteiger partial charge in [0.25, 0.3) is 0 Å². The molecule has 1 aliphatic heterocycles. The Morgan fingerprint density at radius 1 is 1.45 bits per heavy atom. The average molecular weight is 324 g/mol. The minimum Gasteiger partial charge on any atom is -0.444 e. The molecule has 0 aliphatic carbocycles. The zero-order valence-corrected chi connectivity index (χ0v) is 13.0. The number of carbonyl (C=O) groups is 1. The highest BCUT2D eigenvalue weighted by Gasteiger charge is 2.21. The zero-order valence-electron chi connectivity index (χ0n) is 12.2. The molecule has 0 radical (unpaired) electrons. The van der Waals surface area contributed by atoms with Crippen LogP contribution in [0.5, 0.6) is 0 Å². The summed E-state index contributed by atoms with van der Waals surface area (Å²) < 4.78 is 10.7. The van der Waals surface area contributed by atoms with Crippen molar-refractivity contribution in [2.24, 2.45) is 0 Å². The third kappa shape index (κ3) is 3.85. The standard InChI is InChI=1S/C15H17N3O3.ClH/c1-10-8-21-15(17-10)11-3-2-4-12(7-11)18-14(19)13-9-20-6-5-16-13;/h2-4,7-8,13,16H,5-6,9H2,1H3,(H,18,19);1H. The predicted octanol–water partition coefficient (Wildman–Crippen LogP) is 2.00. The molecule has 2 heterocycles. The Morgan fingerprint density at radius 2 is 2.32 bits per heavy atom. The molecule has 1 aromatic carbocycles. The number of benzene rings is 1. The summed E-state index contributed by atoms with van der Waals surface area (Å²) >= 11 is 0. The molecule has 1 fully saturated rings. The lowest BCUT2D eigenvalue weighted by Crippen LogP contribution is -2.48. The average Bonchev–Trinajstić information content (AvgIpc) is 2.95. The Hall–Kier alpha value is -1.89. The van der Waals surface area contributed by atoms with Gasteiger partial charge in [0.2, 0.25) is 11.8 Å². The molecule has 1 saturated heterocycles. The van der Waals surface area contributed by atoms with Crippen molar-refractivity contribution in [3.05, 3.63) is 36.2 Å². The van der Waals surface area contributed by atoms with Crippen LogP contribution < -0.4 is 10.6 Å². The van der Waals surface area contributed by atoms with Crippen LogP contribution >= 0.6 is 12.4 Å². The van der Waals surface area contributed by atoms with Crippen molar-refractivity contribution < 1.29 is 13.9 Å². The molecule has 7 heteroatoms. The molecule has 1 unspecified atom stereocenters. The summed E-state index contributed by atoms with van der Waals surface area (Å²) in [6.45, 7) is 3.59. The van der Waals surface area contributed by atoms with E-state index in [-0.39, 0.29) is 24.4 Å². The molecule has 1 aromatic heterocycles. The number of anilines is 1. The van der Waals surface area contributed by atoms with Crippen LogP contribution in [0.25, 0.3) is 11.5 Å². The SMILES string of the molecule is Cc1coc(-c2cccc(NC(=O)C3COCCN3)c2)n1.Cl. The van der Waals surface area contributed by atoms with Crippen LogP contribution in [-0.2, 0) is 9.53 Å². The summed E-state index contributed by atoms with van der Waals surface area (Å²) in [6.07, 6.45) is 1.60. The molecule has 1 aliphatic rings. The van der Waals surface area contributed by atoms with E-state index in [4.69, 9.17) is 9.15 Å². The topological polar surface area (TPSA) is 76.4 Å². The van der Waals surface area contributed by atoms with Gasteiger partial charge in [-0.25, -0.2) is 4.98 Å². The third-order valence-corrected chi connectivity index (χ3v) is 3.23. The third-order valence-electron chi connectivity index (χ3n) is 3.23. The molecule has 118 valence electrons. The molecular formula is C15H18ClN3O3. The maximum absolute atomic E-state index is 12.1. The number of hydrogen-bond donors (Lipinski definition) is 2. The molecule has 2 N–H and O–H groups in total. The van der Waals surface area contributed by atoms with E-state index in [2.05, 4.69) is 15.6 Å². The van der Waals surface area contributed by atoms with Crippen molar-refractivity contribution >= 4 is 24.0 Å². The number of morpholine rings is 1. The first-order valence-electron chi connectivity index (χ1n) is 6.87. The number of nitrogens with zero attached hydrogens (tertiary/aromatic N) is 1. The molecule has 2 aromatic rings. The number of aryl methyl sites for hydroxylation is 1. The maximum atomic E-state index is 12.1. The first-order valence-corrected chi connectivity index (χ1v) is 6.87. The lowest BCUT2D eigenvalue weighted by atomic mass is 10.2. The number of amides is 1. The highest BCUT2D eigenvalue weighted by atomic mass is 35.5. The number of ether oxygens (including phenoxy) is 1. The number of halogens is 1. The van der Waals surface area contributed by atoms with E-state index in [9.17, 15) is 4.79 Å². The maximum Gasteiger partial charge on any atom is 0.243 e. The second-order valence-corrected chi connectivity index (χ2v) is 4.95. The van der Waals surface area contributed by atoms with E-state index in [0.717, 1.165) is 11.3 Å². The number of hydrogen-bond acceptors (Lipinski definition) is 5. The fourth-order valence-corrected chi connectivity index (χ4v) is 2.18. The van der Waals surface area contributed by atoms with Crippen molar-refractivity contribution in [2.75, 3.05) is 25.1 Å². The van der Waals surface area contributed by atoms with Crippen LogP contribution in [0.15, 0.2) is 34.9 Å². The van der Waals surface area contributed by atoms with E-state index in [1.165, 1.54) is 0 Å². The van der Waals surface area contributed by atoms with E-state index < -0.39 is 0 Å². The summed E-state index contributed by atoms with van der Waals surface area (Å²) in [5.41, 5.74) is 2.36. The highest BCUT2D eigenvalue weighted by molar-refractivity contribution is 5.95. The van der Waals surface area contributed by atoms with Gasteiger partial charge < -0.3 is 19.8 Å². The Labute approximate surface area is 134 Å². The van der Waals surface area contributed by atoms with Crippen LogP contribution in [0.1, 0.15) is 5.69 Å². The van der Waals surface area contributed by atoms with Crippen molar-refractivity contribution in [3.63, 3.8) is 0 Å². The highest BCUT2D eigenvalue weighted by Crippen LogP contribution is 2.22. The quantitative estimate of drug-likeness (QED) is 0.903. The fourth-order valence-electron chi connectivity index (χ4n) is 2.18. The van der Waals surface area contributed by atoms with Gasteiger partial charge in [-0.3, -0.25) is 4.79 Å². The van der Waals surface area contributed by atoms with Gasteiger partial charge in [-0.1, -0.05) is 6.07 Å². The minimum absolute atomic E-state index is 0. The summed E-state index contributed by atoms with van der Waals surface area (Å²) in [5.74, 6) is 0.443. The first-order chi connectivity index (χ1) is 10.2. The van der Waals surface area contributed by atoms with E-state index >= 15 is 0 Å². The van der Waals surface area contributed by atoms with E-state index in [0.29, 0.717) is 31.3 Å². The minimum atomic E-state index is -0.314. The summed E-state index contributed by atoms with van der Waals surface area (Å²) in [4.78, 5) is 16.4. The second kappa shape index (κ2) is 7.40. The Kier molecular flexibility index (Phi) is 5.54. The Bertz CT molecular complexity index is 638. The Morgan fingerprint density at radius 3 is 3.00 bits per heavy atom. The van der Waals surface area contributed by atoms with Gasteiger partial charge in [0.05, 0.1) is 18.9 Å². The lowest BCUT2D eigenvalue weighted by Gasteiger charge is -2.22. The van der Waals surface area contributed by atoms with Gasteiger partial charge in [0, 0.05) is 17.8 Å². The van der Waals surface area contributed by atoms with Crippen LogP contribution in [0.2, 0.25) is 0 Å². The second-order valence-electron chi connectivity index (χ2n) is 4.95. The van der Waals surface area contributed by atoms with E-state index in [1.807, 2.05) is 31.2 Å². The predicted molar refractivity (Wildman–Crippen MR) is 85.2 cm³/mol. The van der Waals surface area contributed by atoms with Crippen molar-refractivity contribution in [1.29, 1.82) is 0 Å². The monoisotopic (exact) mass is 323 g/mol. The van der Waals surface area contributed by atoms with Gasteiger partial charge >= 0.3 is 0 Å². The molecule has 1 amide bonds. The smallest absolute Gasteiger partial charge is 0.243 e. The first kappa shape index (κ1) is 16.5. The molecule has 0 saturated carbocycles. The Balaban J connectivity index is 0.00000176. The van der Waals surface area contributed by atoms with Crippen LogP contribution in [-0.4, -0.2) is 36.7 Å². The van der Waals surface area contributed by atoms with Gasteiger partial charge in [-0.2, -0.15) is 0 Å². The van der Waals surface area contributed by atoms with E-state index in [1.54, 1.807) is 6.26 Å². The van der Waals surface area contributed by atoms with Gasteiger partial charge in [-0.15, -0.1) is 12.4 Å². The van der Waals surface area contributed by atoms with Crippen molar-refractivity contribution in [3.8, 4) is 11.5 Å². The number of aromatic nitrogens is 1. The van der Waals surface area contributed by atoms with Crippen molar-refractivity contribution in [1.82, 2.24) is 10.3 Å².